The maximum Gasteiger partial charge on any atom is 0.490 e. The first-order chi connectivity index (χ1) is 18.6. The van der Waals surface area contributed by atoms with Gasteiger partial charge in [-0.1, -0.05) is 29.8 Å². The number of ether oxygens (including phenoxy) is 1. The fraction of sp³-hybridized carbons (Fsp3) is 0.417. The molecule has 4 rings (SSSR count). The normalized spacial score (nSPS) is 20.3. The molecule has 220 valence electrons. The molecule has 0 bridgehead atoms. The number of benzene rings is 1. The van der Waals surface area contributed by atoms with Gasteiger partial charge in [-0.05, 0) is 23.8 Å². The van der Waals surface area contributed by atoms with Crippen LogP contribution >= 0.6 is 11.6 Å². The second-order valence-corrected chi connectivity index (χ2v) is 9.04. The molecule has 2 aliphatic rings. The Kier molecular flexibility index (Phi) is 11.7. The van der Waals surface area contributed by atoms with E-state index in [9.17, 15) is 31.1 Å². The SMILES string of the molecule is O=C(NC[C@@H]1CO[C@@H]2CN(Cc3ccccc3Cl)C[C@H]12)c1ccncc1.O=C(O)C(F)(F)F.O=C(O)C(F)(F)F. The van der Waals surface area contributed by atoms with Crippen LogP contribution in [0, 0.1) is 11.8 Å². The number of amides is 1. The Labute approximate surface area is 228 Å². The van der Waals surface area contributed by atoms with E-state index in [2.05, 4.69) is 21.3 Å². The number of likely N-dealkylation sites (tertiary alicyclic amines) is 1. The van der Waals surface area contributed by atoms with Gasteiger partial charge in [0.2, 0.25) is 0 Å². The average Bonchev–Trinajstić information content (AvgIpc) is 3.44. The summed E-state index contributed by atoms with van der Waals surface area (Å²) in [4.78, 5) is 36.4. The van der Waals surface area contributed by atoms with Gasteiger partial charge in [0.25, 0.3) is 5.91 Å². The number of carboxylic acid groups (broad SMARTS) is 2. The molecular formula is C24H24ClF6N3O6. The second-order valence-electron chi connectivity index (χ2n) is 8.63. The number of nitrogens with zero attached hydrogens (tertiary/aromatic N) is 2. The fourth-order valence-corrected chi connectivity index (χ4v) is 4.11. The van der Waals surface area contributed by atoms with E-state index in [0.717, 1.165) is 30.2 Å². The molecule has 3 heterocycles. The number of alkyl halides is 6. The Bertz CT molecular complexity index is 1130. The molecule has 3 N–H and O–H groups in total. The quantitative estimate of drug-likeness (QED) is 0.442. The number of carbonyl (C=O) groups is 3. The molecule has 2 saturated heterocycles. The number of pyridine rings is 1. The lowest BCUT2D eigenvalue weighted by Gasteiger charge is -2.20. The summed E-state index contributed by atoms with van der Waals surface area (Å²) < 4.78 is 69.5. The molecule has 0 radical (unpaired) electrons. The third kappa shape index (κ3) is 10.3. The summed E-state index contributed by atoms with van der Waals surface area (Å²) in [6.07, 6.45) is -6.65. The van der Waals surface area contributed by atoms with Crippen molar-refractivity contribution in [1.29, 1.82) is 0 Å². The third-order valence-corrected chi connectivity index (χ3v) is 6.19. The number of aromatic nitrogens is 1. The number of carboxylic acids is 2. The van der Waals surface area contributed by atoms with Gasteiger partial charge in [-0.3, -0.25) is 14.7 Å². The number of fused-ring (bicyclic) bond motifs is 1. The molecule has 16 heteroatoms. The Morgan fingerprint density at radius 1 is 0.975 bits per heavy atom. The van der Waals surface area contributed by atoms with E-state index in [-0.39, 0.29) is 12.0 Å². The molecule has 1 amide bonds. The molecule has 2 aromatic rings. The summed E-state index contributed by atoms with van der Waals surface area (Å²) >= 11 is 6.28. The van der Waals surface area contributed by atoms with Crippen molar-refractivity contribution in [2.45, 2.75) is 25.0 Å². The lowest BCUT2D eigenvalue weighted by atomic mass is 9.93. The number of halogens is 7. The van der Waals surface area contributed by atoms with Gasteiger partial charge in [0.05, 0.1) is 12.7 Å². The molecule has 0 unspecified atom stereocenters. The van der Waals surface area contributed by atoms with E-state index in [1.165, 1.54) is 0 Å². The highest BCUT2D eigenvalue weighted by Gasteiger charge is 2.43. The Morgan fingerprint density at radius 3 is 2.05 bits per heavy atom. The van der Waals surface area contributed by atoms with Gasteiger partial charge in [0.1, 0.15) is 0 Å². The van der Waals surface area contributed by atoms with Crippen LogP contribution in [0.1, 0.15) is 15.9 Å². The van der Waals surface area contributed by atoms with Gasteiger partial charge in [-0.2, -0.15) is 26.3 Å². The van der Waals surface area contributed by atoms with Crippen molar-refractivity contribution < 1.29 is 55.7 Å². The highest BCUT2D eigenvalue weighted by atomic mass is 35.5. The monoisotopic (exact) mass is 599 g/mol. The molecule has 1 aromatic heterocycles. The molecule has 3 atom stereocenters. The van der Waals surface area contributed by atoms with Crippen LogP contribution in [0.25, 0.3) is 0 Å². The molecule has 1 aromatic carbocycles. The Morgan fingerprint density at radius 2 is 1.52 bits per heavy atom. The van der Waals surface area contributed by atoms with Crippen LogP contribution in [-0.2, 0) is 20.9 Å². The van der Waals surface area contributed by atoms with Crippen molar-refractivity contribution in [3.63, 3.8) is 0 Å². The Balaban J connectivity index is 0.000000333. The smallest absolute Gasteiger partial charge is 0.475 e. The summed E-state index contributed by atoms with van der Waals surface area (Å²) in [5.41, 5.74) is 1.79. The number of hydrogen-bond acceptors (Lipinski definition) is 6. The molecule has 0 saturated carbocycles. The first-order valence-corrected chi connectivity index (χ1v) is 11.8. The predicted molar refractivity (Wildman–Crippen MR) is 127 cm³/mol. The molecule has 0 spiro atoms. The number of rotatable bonds is 5. The van der Waals surface area contributed by atoms with E-state index in [4.69, 9.17) is 36.1 Å². The minimum atomic E-state index is -5.08. The molecule has 40 heavy (non-hydrogen) atoms. The lowest BCUT2D eigenvalue weighted by molar-refractivity contribution is -0.193. The highest BCUT2D eigenvalue weighted by Crippen LogP contribution is 2.34. The molecule has 2 aliphatic heterocycles. The first-order valence-electron chi connectivity index (χ1n) is 11.5. The van der Waals surface area contributed by atoms with Crippen LogP contribution in [0.2, 0.25) is 5.02 Å². The second kappa shape index (κ2) is 14.3. The van der Waals surface area contributed by atoms with E-state index in [1.807, 2.05) is 18.2 Å². The van der Waals surface area contributed by atoms with Crippen molar-refractivity contribution in [2.75, 3.05) is 26.2 Å². The van der Waals surface area contributed by atoms with Gasteiger partial charge >= 0.3 is 24.3 Å². The molecular weight excluding hydrogens is 576 g/mol. The summed E-state index contributed by atoms with van der Waals surface area (Å²) in [6.45, 7) is 4.09. The van der Waals surface area contributed by atoms with Gasteiger partial charge < -0.3 is 20.3 Å². The van der Waals surface area contributed by atoms with Crippen molar-refractivity contribution >= 4 is 29.4 Å². The Hall–Kier alpha value is -3.43. The number of carbonyl (C=O) groups excluding carboxylic acids is 1. The molecule has 9 nitrogen and oxygen atoms in total. The van der Waals surface area contributed by atoms with Crippen molar-refractivity contribution in [1.82, 2.24) is 15.2 Å². The highest BCUT2D eigenvalue weighted by molar-refractivity contribution is 6.31. The van der Waals surface area contributed by atoms with Crippen LogP contribution < -0.4 is 5.32 Å². The number of nitrogens with one attached hydrogen (secondary N) is 1. The maximum atomic E-state index is 12.2. The summed E-state index contributed by atoms with van der Waals surface area (Å²) in [5.74, 6) is -4.76. The van der Waals surface area contributed by atoms with Crippen LogP contribution in [0.4, 0.5) is 26.3 Å². The van der Waals surface area contributed by atoms with Gasteiger partial charge in [0, 0.05) is 61.0 Å². The summed E-state index contributed by atoms with van der Waals surface area (Å²) in [5, 5.41) is 18.1. The van der Waals surface area contributed by atoms with Gasteiger partial charge in [-0.25, -0.2) is 9.59 Å². The van der Waals surface area contributed by atoms with Crippen molar-refractivity contribution in [3.05, 3.63) is 64.9 Å². The fourth-order valence-electron chi connectivity index (χ4n) is 3.92. The van der Waals surface area contributed by atoms with E-state index < -0.39 is 24.3 Å². The molecule has 0 aliphatic carbocycles. The zero-order chi connectivity index (χ0) is 30.1. The van der Waals surface area contributed by atoms with E-state index in [0.29, 0.717) is 30.6 Å². The van der Waals surface area contributed by atoms with Crippen LogP contribution in [0.15, 0.2) is 48.8 Å². The number of aliphatic carboxylic acids is 2. The van der Waals surface area contributed by atoms with E-state index in [1.54, 1.807) is 24.5 Å². The largest absolute Gasteiger partial charge is 0.490 e. The first kappa shape index (κ1) is 32.8. The van der Waals surface area contributed by atoms with Crippen molar-refractivity contribution in [2.24, 2.45) is 11.8 Å². The topological polar surface area (TPSA) is 129 Å². The van der Waals surface area contributed by atoms with Crippen molar-refractivity contribution in [3.8, 4) is 0 Å². The third-order valence-electron chi connectivity index (χ3n) is 5.82. The lowest BCUT2D eigenvalue weighted by Crippen LogP contribution is -2.34. The van der Waals surface area contributed by atoms with Gasteiger partial charge in [0.15, 0.2) is 0 Å². The van der Waals surface area contributed by atoms with Gasteiger partial charge in [-0.15, -0.1) is 0 Å². The zero-order valence-corrected chi connectivity index (χ0v) is 21.2. The minimum Gasteiger partial charge on any atom is -0.475 e. The molecule has 2 fully saturated rings. The number of hydrogen-bond donors (Lipinski definition) is 3. The van der Waals surface area contributed by atoms with Crippen LogP contribution in [0.3, 0.4) is 0 Å². The van der Waals surface area contributed by atoms with E-state index >= 15 is 0 Å². The zero-order valence-electron chi connectivity index (χ0n) is 20.5. The van der Waals surface area contributed by atoms with Crippen LogP contribution in [0.5, 0.6) is 0 Å². The van der Waals surface area contributed by atoms with Crippen LogP contribution in [-0.4, -0.2) is 82.6 Å². The standard InChI is InChI=1S/C20H22ClN3O2.2C2HF3O2/c21-18-4-2-1-3-15(18)10-24-11-17-16(13-26-19(17)12-24)9-23-20(25)14-5-7-22-8-6-14;2*3-2(4,5)1(6)7/h1-8,16-17,19H,9-13H2,(H,23,25);2*(H,6,7)/t16-,17-,19-;;/m1../s1. The predicted octanol–water partition coefficient (Wildman–Crippen LogP) is 3.88. The minimum absolute atomic E-state index is 0.0539. The summed E-state index contributed by atoms with van der Waals surface area (Å²) in [7, 11) is 0. The maximum absolute atomic E-state index is 12.2. The summed E-state index contributed by atoms with van der Waals surface area (Å²) in [6, 6.07) is 11.4. The average molecular weight is 600 g/mol.